The molecule has 1 aliphatic rings. The van der Waals surface area contributed by atoms with Gasteiger partial charge < -0.3 is 15.4 Å². The van der Waals surface area contributed by atoms with Gasteiger partial charge in [-0.3, -0.25) is 9.25 Å². The number of anilines is 1. The predicted octanol–water partition coefficient (Wildman–Crippen LogP) is 2.00. The van der Waals surface area contributed by atoms with Crippen molar-refractivity contribution < 1.29 is 4.74 Å². The molecule has 0 bridgehead atoms. The molecule has 9 nitrogen and oxygen atoms in total. The van der Waals surface area contributed by atoms with Crippen molar-refractivity contribution in [2.75, 3.05) is 25.5 Å². The Bertz CT molecular complexity index is 1160. The molecular weight excluding hydrogens is 368 g/mol. The minimum absolute atomic E-state index is 0.401. The SMILES string of the molecule is COc1nc2c(cc1-c1cnn(C)c1)ncn2-c1cccc(NC2CCNC2)n1. The van der Waals surface area contributed by atoms with Crippen molar-refractivity contribution in [2.45, 2.75) is 12.5 Å². The fourth-order valence-electron chi connectivity index (χ4n) is 3.64. The van der Waals surface area contributed by atoms with E-state index in [-0.39, 0.29) is 0 Å². The number of nitrogens with zero attached hydrogens (tertiary/aromatic N) is 6. The maximum absolute atomic E-state index is 5.56. The Morgan fingerprint density at radius 3 is 2.97 bits per heavy atom. The molecule has 0 spiro atoms. The first kappa shape index (κ1) is 17.6. The van der Waals surface area contributed by atoms with Gasteiger partial charge in [-0.2, -0.15) is 10.1 Å². The van der Waals surface area contributed by atoms with Crippen LogP contribution in [0.15, 0.2) is 43.0 Å². The van der Waals surface area contributed by atoms with Crippen LogP contribution in [0, 0.1) is 0 Å². The number of fused-ring (bicyclic) bond motifs is 1. The van der Waals surface area contributed by atoms with Crippen LogP contribution in [0.1, 0.15) is 6.42 Å². The van der Waals surface area contributed by atoms with Gasteiger partial charge in [-0.05, 0) is 31.2 Å². The lowest BCUT2D eigenvalue weighted by atomic mass is 10.1. The van der Waals surface area contributed by atoms with Gasteiger partial charge in [-0.1, -0.05) is 6.07 Å². The molecule has 1 fully saturated rings. The van der Waals surface area contributed by atoms with Crippen LogP contribution in [0.5, 0.6) is 5.88 Å². The summed E-state index contributed by atoms with van der Waals surface area (Å²) in [5.41, 5.74) is 3.25. The van der Waals surface area contributed by atoms with E-state index in [0.29, 0.717) is 17.6 Å². The zero-order chi connectivity index (χ0) is 19.8. The number of hydrogen-bond acceptors (Lipinski definition) is 7. The standard InChI is InChI=1S/C20H22N8O/c1-27-11-13(9-23-27)15-8-16-19(26-20(15)29-2)28(12-22-16)18-5-3-4-17(25-18)24-14-6-7-21-10-14/h3-5,8-9,11-12,14,21H,6-7,10H2,1-2H3,(H,24,25). The van der Waals surface area contributed by atoms with Crippen molar-refractivity contribution in [2.24, 2.45) is 7.05 Å². The Hall–Kier alpha value is -3.46. The molecule has 4 aromatic heterocycles. The summed E-state index contributed by atoms with van der Waals surface area (Å²) in [6.45, 7) is 1.99. The van der Waals surface area contributed by atoms with Gasteiger partial charge in [0.15, 0.2) is 5.65 Å². The van der Waals surface area contributed by atoms with E-state index in [1.807, 2.05) is 42.1 Å². The number of hydrogen-bond donors (Lipinski definition) is 2. The van der Waals surface area contributed by atoms with Gasteiger partial charge in [0.1, 0.15) is 23.5 Å². The highest BCUT2D eigenvalue weighted by atomic mass is 16.5. The van der Waals surface area contributed by atoms with E-state index in [1.165, 1.54) is 0 Å². The number of imidazole rings is 1. The van der Waals surface area contributed by atoms with Crippen molar-refractivity contribution in [1.82, 2.24) is 34.6 Å². The van der Waals surface area contributed by atoms with Gasteiger partial charge in [-0.25, -0.2) is 9.97 Å². The molecule has 148 valence electrons. The summed E-state index contributed by atoms with van der Waals surface area (Å²) in [4.78, 5) is 14.0. The van der Waals surface area contributed by atoms with Gasteiger partial charge in [-0.15, -0.1) is 0 Å². The van der Waals surface area contributed by atoms with E-state index in [9.17, 15) is 0 Å². The maximum atomic E-state index is 5.56. The summed E-state index contributed by atoms with van der Waals surface area (Å²) in [7, 11) is 3.50. The van der Waals surface area contributed by atoms with Crippen molar-refractivity contribution >= 4 is 17.0 Å². The highest BCUT2D eigenvalue weighted by Gasteiger charge is 2.17. The number of aryl methyl sites for hydroxylation is 1. The van der Waals surface area contributed by atoms with Gasteiger partial charge in [0.2, 0.25) is 5.88 Å². The second-order valence-corrected chi connectivity index (χ2v) is 7.12. The number of nitrogens with one attached hydrogen (secondary N) is 2. The van der Waals surface area contributed by atoms with Crippen LogP contribution in [-0.2, 0) is 7.05 Å². The molecule has 5 rings (SSSR count). The van der Waals surface area contributed by atoms with Crippen LogP contribution in [0.2, 0.25) is 0 Å². The number of aromatic nitrogens is 6. The molecule has 2 N–H and O–H groups in total. The highest BCUT2D eigenvalue weighted by Crippen LogP contribution is 2.31. The minimum Gasteiger partial charge on any atom is -0.480 e. The second kappa shape index (κ2) is 7.17. The summed E-state index contributed by atoms with van der Waals surface area (Å²) in [6.07, 6.45) is 6.55. The van der Waals surface area contributed by atoms with Crippen LogP contribution in [0.4, 0.5) is 5.82 Å². The molecule has 1 atom stereocenters. The Balaban J connectivity index is 1.54. The third kappa shape index (κ3) is 3.29. The van der Waals surface area contributed by atoms with Gasteiger partial charge >= 0.3 is 0 Å². The number of methoxy groups -OCH3 is 1. The van der Waals surface area contributed by atoms with Crippen molar-refractivity contribution in [3.63, 3.8) is 0 Å². The van der Waals surface area contributed by atoms with Crippen LogP contribution in [0.25, 0.3) is 28.1 Å². The summed E-state index contributed by atoms with van der Waals surface area (Å²) < 4.78 is 9.19. The summed E-state index contributed by atoms with van der Waals surface area (Å²) >= 11 is 0. The first-order chi connectivity index (χ1) is 14.2. The van der Waals surface area contributed by atoms with Gasteiger partial charge in [0, 0.05) is 37.0 Å². The predicted molar refractivity (Wildman–Crippen MR) is 110 cm³/mol. The lowest BCUT2D eigenvalue weighted by molar-refractivity contribution is 0.401. The fraction of sp³-hybridized carbons (Fsp3) is 0.300. The van der Waals surface area contributed by atoms with Crippen molar-refractivity contribution in [3.05, 3.63) is 43.0 Å². The van der Waals surface area contributed by atoms with E-state index in [2.05, 4.69) is 20.7 Å². The molecule has 0 radical (unpaired) electrons. The quantitative estimate of drug-likeness (QED) is 0.538. The van der Waals surface area contributed by atoms with E-state index in [0.717, 1.165) is 47.8 Å². The van der Waals surface area contributed by atoms with Gasteiger partial charge in [0.05, 0.1) is 13.3 Å². The first-order valence-corrected chi connectivity index (χ1v) is 9.57. The average molecular weight is 390 g/mol. The smallest absolute Gasteiger partial charge is 0.223 e. The molecule has 1 unspecified atom stereocenters. The molecule has 0 saturated carbocycles. The third-order valence-corrected chi connectivity index (χ3v) is 5.09. The van der Waals surface area contributed by atoms with Crippen LogP contribution in [-0.4, -0.2) is 55.5 Å². The Morgan fingerprint density at radius 1 is 1.28 bits per heavy atom. The molecule has 0 aliphatic carbocycles. The largest absolute Gasteiger partial charge is 0.480 e. The van der Waals surface area contributed by atoms with Crippen LogP contribution in [0.3, 0.4) is 0 Å². The number of rotatable bonds is 5. The normalized spacial score (nSPS) is 16.4. The maximum Gasteiger partial charge on any atom is 0.223 e. The number of pyridine rings is 2. The van der Waals surface area contributed by atoms with Crippen LogP contribution < -0.4 is 15.4 Å². The Kier molecular flexibility index (Phi) is 4.36. The molecule has 1 aliphatic heterocycles. The molecule has 0 aromatic carbocycles. The van der Waals surface area contributed by atoms with Crippen LogP contribution >= 0.6 is 0 Å². The molecule has 9 heteroatoms. The summed E-state index contributed by atoms with van der Waals surface area (Å²) in [6, 6.07) is 8.29. The minimum atomic E-state index is 0.401. The Labute approximate surface area is 167 Å². The molecular formula is C20H22N8O. The topological polar surface area (TPSA) is 94.7 Å². The molecule has 1 saturated heterocycles. The van der Waals surface area contributed by atoms with E-state index >= 15 is 0 Å². The van der Waals surface area contributed by atoms with E-state index in [1.54, 1.807) is 24.3 Å². The number of ether oxygens (including phenoxy) is 1. The van der Waals surface area contributed by atoms with E-state index < -0.39 is 0 Å². The van der Waals surface area contributed by atoms with E-state index in [4.69, 9.17) is 14.7 Å². The summed E-state index contributed by atoms with van der Waals surface area (Å²) in [5.74, 6) is 2.13. The zero-order valence-corrected chi connectivity index (χ0v) is 16.3. The second-order valence-electron chi connectivity index (χ2n) is 7.12. The molecule has 29 heavy (non-hydrogen) atoms. The molecule has 5 heterocycles. The fourth-order valence-corrected chi connectivity index (χ4v) is 3.64. The lowest BCUT2D eigenvalue weighted by Gasteiger charge is -2.13. The lowest BCUT2D eigenvalue weighted by Crippen LogP contribution is -2.22. The van der Waals surface area contributed by atoms with Crippen molar-refractivity contribution in [3.8, 4) is 22.8 Å². The van der Waals surface area contributed by atoms with Crippen molar-refractivity contribution in [1.29, 1.82) is 0 Å². The summed E-state index contributed by atoms with van der Waals surface area (Å²) in [5, 5.41) is 11.1. The zero-order valence-electron chi connectivity index (χ0n) is 16.3. The molecule has 4 aromatic rings. The first-order valence-electron chi connectivity index (χ1n) is 9.57. The monoisotopic (exact) mass is 390 g/mol. The van der Waals surface area contributed by atoms with Gasteiger partial charge in [0.25, 0.3) is 0 Å². The third-order valence-electron chi connectivity index (χ3n) is 5.09. The highest BCUT2D eigenvalue weighted by molar-refractivity contribution is 5.82. The Morgan fingerprint density at radius 2 is 2.21 bits per heavy atom. The average Bonchev–Trinajstić information content (AvgIpc) is 3.48. The molecule has 0 amide bonds.